The molecular formula is C28H26ClN3O3. The summed E-state index contributed by atoms with van der Waals surface area (Å²) in [5, 5.41) is 7.49. The molecule has 0 fully saturated rings. The Morgan fingerprint density at radius 3 is 2.60 bits per heavy atom. The van der Waals surface area contributed by atoms with Gasteiger partial charge in [-0.1, -0.05) is 65.7 Å². The van der Waals surface area contributed by atoms with Crippen LogP contribution in [0.15, 0.2) is 85.1 Å². The summed E-state index contributed by atoms with van der Waals surface area (Å²) in [5.74, 6) is 1.49. The maximum Gasteiger partial charge on any atom is 0.249 e. The fraction of sp³-hybridized carbons (Fsp3) is 0.143. The molecule has 4 rings (SSSR count). The van der Waals surface area contributed by atoms with E-state index in [9.17, 15) is 4.79 Å². The van der Waals surface area contributed by atoms with Gasteiger partial charge in [-0.25, -0.2) is 0 Å². The second-order valence-corrected chi connectivity index (χ2v) is 8.41. The minimum Gasteiger partial charge on any atom is -0.496 e. The number of rotatable bonds is 9. The molecule has 0 aliphatic carbocycles. The highest BCUT2D eigenvalue weighted by atomic mass is 35.5. The third-order valence-corrected chi connectivity index (χ3v) is 5.57. The zero-order valence-electron chi connectivity index (χ0n) is 19.6. The van der Waals surface area contributed by atoms with Crippen molar-refractivity contribution in [2.24, 2.45) is 0 Å². The average Bonchev–Trinajstić information content (AvgIpc) is 3.21. The number of aryl methyl sites for hydroxylation is 1. The van der Waals surface area contributed by atoms with Gasteiger partial charge >= 0.3 is 0 Å². The molecule has 1 heterocycles. The molecule has 0 atom stereocenters. The van der Waals surface area contributed by atoms with Crippen molar-refractivity contribution >= 4 is 29.4 Å². The number of benzene rings is 3. The third kappa shape index (κ3) is 6.74. The summed E-state index contributed by atoms with van der Waals surface area (Å²) < 4.78 is 13.1. The van der Waals surface area contributed by atoms with E-state index in [1.165, 1.54) is 11.6 Å². The van der Waals surface area contributed by atoms with Gasteiger partial charge in [0.05, 0.1) is 13.7 Å². The van der Waals surface area contributed by atoms with Gasteiger partial charge in [-0.3, -0.25) is 9.48 Å². The molecule has 6 nitrogen and oxygen atoms in total. The fourth-order valence-corrected chi connectivity index (χ4v) is 3.67. The normalized spacial score (nSPS) is 10.9. The van der Waals surface area contributed by atoms with Crippen LogP contribution in [0.25, 0.3) is 6.08 Å². The lowest BCUT2D eigenvalue weighted by Gasteiger charge is -2.11. The maximum absolute atomic E-state index is 12.5. The molecule has 0 radical (unpaired) electrons. The van der Waals surface area contributed by atoms with Gasteiger partial charge in [-0.2, -0.15) is 5.10 Å². The molecule has 4 aromatic rings. The quantitative estimate of drug-likeness (QED) is 0.288. The summed E-state index contributed by atoms with van der Waals surface area (Å²) in [5.41, 5.74) is 3.97. The predicted octanol–water partition coefficient (Wildman–Crippen LogP) is 6.13. The van der Waals surface area contributed by atoms with Crippen LogP contribution in [0.4, 0.5) is 5.82 Å². The van der Waals surface area contributed by atoms with E-state index in [4.69, 9.17) is 21.1 Å². The number of carbonyl (C=O) groups is 1. The number of anilines is 1. The zero-order chi connectivity index (χ0) is 24.6. The first-order chi connectivity index (χ1) is 17.0. The lowest BCUT2D eigenvalue weighted by Crippen LogP contribution is -2.09. The summed E-state index contributed by atoms with van der Waals surface area (Å²) in [6.07, 6.45) is 4.86. The van der Waals surface area contributed by atoms with Crippen molar-refractivity contribution in [2.75, 3.05) is 12.4 Å². The fourth-order valence-electron chi connectivity index (χ4n) is 3.47. The first-order valence-corrected chi connectivity index (χ1v) is 11.5. The SMILES string of the molecule is COc1ccc(/C=C/C(=O)Nc2nn(Cc3ccccc3)cc2Cl)cc1COc1ccc(C)cc1. The highest BCUT2D eigenvalue weighted by Gasteiger charge is 2.10. The van der Waals surface area contributed by atoms with E-state index in [1.807, 2.05) is 79.7 Å². The van der Waals surface area contributed by atoms with E-state index in [1.54, 1.807) is 24.1 Å². The Kier molecular flexibility index (Phi) is 7.85. The molecule has 1 aromatic heterocycles. The number of hydrogen-bond acceptors (Lipinski definition) is 4. The Morgan fingerprint density at radius 2 is 1.86 bits per heavy atom. The highest BCUT2D eigenvalue weighted by molar-refractivity contribution is 6.33. The van der Waals surface area contributed by atoms with Crippen LogP contribution in [0.2, 0.25) is 5.02 Å². The average molecular weight is 488 g/mol. The molecule has 0 saturated carbocycles. The summed E-state index contributed by atoms with van der Waals surface area (Å²) in [6.45, 7) is 2.93. The number of halogens is 1. The molecule has 178 valence electrons. The molecule has 3 aromatic carbocycles. The monoisotopic (exact) mass is 487 g/mol. The minimum atomic E-state index is -0.329. The summed E-state index contributed by atoms with van der Waals surface area (Å²) in [6, 6.07) is 23.4. The summed E-state index contributed by atoms with van der Waals surface area (Å²) in [7, 11) is 1.62. The number of amides is 1. The number of methoxy groups -OCH3 is 1. The maximum atomic E-state index is 12.5. The molecule has 0 spiro atoms. The third-order valence-electron chi connectivity index (χ3n) is 5.29. The predicted molar refractivity (Wildman–Crippen MR) is 139 cm³/mol. The first-order valence-electron chi connectivity index (χ1n) is 11.1. The summed E-state index contributed by atoms with van der Waals surface area (Å²) >= 11 is 6.27. The largest absolute Gasteiger partial charge is 0.496 e. The molecule has 1 amide bonds. The van der Waals surface area contributed by atoms with E-state index in [0.717, 1.165) is 28.2 Å². The van der Waals surface area contributed by atoms with E-state index < -0.39 is 0 Å². The van der Waals surface area contributed by atoms with E-state index in [0.29, 0.717) is 24.0 Å². The number of carbonyl (C=O) groups excluding carboxylic acids is 1. The number of aromatic nitrogens is 2. The molecule has 35 heavy (non-hydrogen) atoms. The van der Waals surface area contributed by atoms with Crippen LogP contribution in [0, 0.1) is 6.92 Å². The van der Waals surface area contributed by atoms with Crippen LogP contribution in [-0.4, -0.2) is 22.8 Å². The molecular weight excluding hydrogens is 462 g/mol. The van der Waals surface area contributed by atoms with Crippen molar-refractivity contribution < 1.29 is 14.3 Å². The van der Waals surface area contributed by atoms with Gasteiger partial charge < -0.3 is 14.8 Å². The standard InChI is InChI=1S/C28H26ClN3O3/c1-20-8-12-24(13-9-20)35-19-23-16-21(10-14-26(23)34-2)11-15-27(33)30-28-25(29)18-32(31-28)17-22-6-4-3-5-7-22/h3-16,18H,17,19H2,1-2H3,(H,30,31,33)/b15-11+. The van der Waals surface area contributed by atoms with Crippen molar-refractivity contribution in [1.29, 1.82) is 0 Å². The molecule has 0 unspecified atom stereocenters. The van der Waals surface area contributed by atoms with Crippen LogP contribution in [-0.2, 0) is 17.9 Å². The number of ether oxygens (including phenoxy) is 2. The Hall–Kier alpha value is -4.03. The van der Waals surface area contributed by atoms with Gasteiger partial charge in [-0.15, -0.1) is 0 Å². The van der Waals surface area contributed by atoms with Gasteiger partial charge in [-0.05, 0) is 48.4 Å². The van der Waals surface area contributed by atoms with Crippen molar-refractivity contribution in [3.05, 3.63) is 112 Å². The lowest BCUT2D eigenvalue weighted by atomic mass is 10.1. The zero-order valence-corrected chi connectivity index (χ0v) is 20.3. The van der Waals surface area contributed by atoms with Crippen molar-refractivity contribution in [1.82, 2.24) is 9.78 Å². The molecule has 0 aliphatic heterocycles. The number of nitrogens with zero attached hydrogens (tertiary/aromatic N) is 2. The van der Waals surface area contributed by atoms with Crippen molar-refractivity contribution in [2.45, 2.75) is 20.1 Å². The Morgan fingerprint density at radius 1 is 1.09 bits per heavy atom. The number of hydrogen-bond donors (Lipinski definition) is 1. The second-order valence-electron chi connectivity index (χ2n) is 8.00. The van der Waals surface area contributed by atoms with Crippen molar-refractivity contribution in [3.63, 3.8) is 0 Å². The Labute approximate surface area is 209 Å². The van der Waals surface area contributed by atoms with Gasteiger partial charge in [0.15, 0.2) is 5.82 Å². The van der Waals surface area contributed by atoms with Crippen LogP contribution in [0.1, 0.15) is 22.3 Å². The van der Waals surface area contributed by atoms with Gasteiger partial charge in [0.1, 0.15) is 23.1 Å². The molecule has 0 bridgehead atoms. The van der Waals surface area contributed by atoms with E-state index in [-0.39, 0.29) is 5.91 Å². The van der Waals surface area contributed by atoms with Gasteiger partial charge in [0.2, 0.25) is 5.91 Å². The van der Waals surface area contributed by atoms with E-state index >= 15 is 0 Å². The Balaban J connectivity index is 1.39. The van der Waals surface area contributed by atoms with Crippen molar-refractivity contribution in [3.8, 4) is 11.5 Å². The smallest absolute Gasteiger partial charge is 0.249 e. The Bertz CT molecular complexity index is 1320. The van der Waals surface area contributed by atoms with Gasteiger partial charge in [0.25, 0.3) is 0 Å². The number of nitrogens with one attached hydrogen (secondary N) is 1. The second kappa shape index (κ2) is 11.4. The van der Waals surface area contributed by atoms with Gasteiger partial charge in [0, 0.05) is 17.8 Å². The lowest BCUT2D eigenvalue weighted by molar-refractivity contribution is -0.111. The molecule has 1 N–H and O–H groups in total. The molecule has 0 saturated heterocycles. The molecule has 0 aliphatic rings. The van der Waals surface area contributed by atoms with Crippen LogP contribution in [0.5, 0.6) is 11.5 Å². The van der Waals surface area contributed by atoms with Crippen LogP contribution >= 0.6 is 11.6 Å². The minimum absolute atomic E-state index is 0.319. The molecule has 7 heteroatoms. The topological polar surface area (TPSA) is 65.4 Å². The first kappa shape index (κ1) is 24.1. The van der Waals surface area contributed by atoms with Crippen LogP contribution in [0.3, 0.4) is 0 Å². The van der Waals surface area contributed by atoms with Crippen LogP contribution < -0.4 is 14.8 Å². The highest BCUT2D eigenvalue weighted by Crippen LogP contribution is 2.24. The summed E-state index contributed by atoms with van der Waals surface area (Å²) in [4.78, 5) is 12.5. The van der Waals surface area contributed by atoms with E-state index in [2.05, 4.69) is 10.4 Å².